The third-order valence-corrected chi connectivity index (χ3v) is 3.27. The molecule has 0 aromatic heterocycles. The van der Waals surface area contributed by atoms with E-state index in [0.717, 1.165) is 6.54 Å². The molecule has 1 amide bonds. The molecule has 0 aliphatic carbocycles. The number of carbonyl (C=O) groups is 1. The van der Waals surface area contributed by atoms with Crippen molar-refractivity contribution in [2.45, 2.75) is 26.2 Å². The lowest BCUT2D eigenvalue weighted by Crippen LogP contribution is -2.26. The first-order valence-corrected chi connectivity index (χ1v) is 6.25. The molecule has 4 nitrogen and oxygen atoms in total. The number of likely N-dealkylation sites (N-methyl/N-ethyl adjacent to an activating group) is 1. The number of carbonyl (C=O) groups excluding carboxylic acids is 1. The predicted octanol–water partition coefficient (Wildman–Crippen LogP) is 2.52. The second kappa shape index (κ2) is 4.52. The van der Waals surface area contributed by atoms with Crippen molar-refractivity contribution in [2.75, 3.05) is 25.0 Å². The van der Waals surface area contributed by atoms with Crippen LogP contribution in [0.3, 0.4) is 0 Å². The number of amides is 1. The summed E-state index contributed by atoms with van der Waals surface area (Å²) in [5.41, 5.74) is 2.53. The van der Waals surface area contributed by atoms with Gasteiger partial charge in [-0.1, -0.05) is 13.8 Å². The molecule has 0 atom stereocenters. The van der Waals surface area contributed by atoms with Crippen LogP contribution in [0.4, 0.5) is 10.5 Å². The summed E-state index contributed by atoms with van der Waals surface area (Å²) in [4.78, 5) is 13.6. The SMILES string of the molecule is CCNC(=O)Oc1ccc2c(c1)C(C)(C)CN2C. The van der Waals surface area contributed by atoms with E-state index in [0.29, 0.717) is 12.3 Å². The van der Waals surface area contributed by atoms with Crippen molar-refractivity contribution in [1.82, 2.24) is 5.32 Å². The predicted molar refractivity (Wildman–Crippen MR) is 72.4 cm³/mol. The summed E-state index contributed by atoms with van der Waals surface area (Å²) in [5, 5.41) is 2.62. The minimum absolute atomic E-state index is 0.0880. The van der Waals surface area contributed by atoms with Crippen LogP contribution in [0.1, 0.15) is 26.3 Å². The van der Waals surface area contributed by atoms with E-state index < -0.39 is 6.09 Å². The van der Waals surface area contributed by atoms with Crippen LogP contribution in [0, 0.1) is 0 Å². The Balaban J connectivity index is 2.25. The Labute approximate surface area is 108 Å². The van der Waals surface area contributed by atoms with Crippen LogP contribution in [-0.2, 0) is 5.41 Å². The highest BCUT2D eigenvalue weighted by molar-refractivity contribution is 5.71. The molecule has 0 unspecified atom stereocenters. The second-order valence-electron chi connectivity index (χ2n) is 5.34. The third-order valence-electron chi connectivity index (χ3n) is 3.27. The lowest BCUT2D eigenvalue weighted by Gasteiger charge is -2.18. The van der Waals surface area contributed by atoms with Gasteiger partial charge in [-0.2, -0.15) is 0 Å². The van der Waals surface area contributed by atoms with Crippen LogP contribution in [0.5, 0.6) is 5.75 Å². The maximum absolute atomic E-state index is 11.4. The fraction of sp³-hybridized carbons (Fsp3) is 0.500. The lowest BCUT2D eigenvalue weighted by molar-refractivity contribution is 0.201. The van der Waals surface area contributed by atoms with Gasteiger partial charge in [0.05, 0.1) is 0 Å². The van der Waals surface area contributed by atoms with Gasteiger partial charge < -0.3 is 15.0 Å². The number of hydrogen-bond acceptors (Lipinski definition) is 3. The van der Waals surface area contributed by atoms with E-state index in [4.69, 9.17) is 4.74 Å². The molecule has 1 aromatic rings. The van der Waals surface area contributed by atoms with Gasteiger partial charge in [0.25, 0.3) is 0 Å². The number of nitrogens with zero attached hydrogens (tertiary/aromatic N) is 1. The molecule has 1 aliphatic rings. The number of nitrogens with one attached hydrogen (secondary N) is 1. The summed E-state index contributed by atoms with van der Waals surface area (Å²) in [6.07, 6.45) is -0.401. The minimum atomic E-state index is -0.401. The Kier molecular flexibility index (Phi) is 3.20. The fourth-order valence-corrected chi connectivity index (χ4v) is 2.50. The number of benzene rings is 1. The normalized spacial score (nSPS) is 16.3. The first-order valence-electron chi connectivity index (χ1n) is 6.25. The molecule has 98 valence electrons. The van der Waals surface area contributed by atoms with Gasteiger partial charge in [0.2, 0.25) is 0 Å². The molecule has 18 heavy (non-hydrogen) atoms. The molecule has 0 saturated heterocycles. The largest absolute Gasteiger partial charge is 0.412 e. The van der Waals surface area contributed by atoms with Crippen LogP contribution in [0.2, 0.25) is 0 Å². The van der Waals surface area contributed by atoms with Crippen molar-refractivity contribution in [3.05, 3.63) is 23.8 Å². The summed E-state index contributed by atoms with van der Waals surface area (Å²) in [6, 6.07) is 5.82. The maximum atomic E-state index is 11.4. The van der Waals surface area contributed by atoms with Gasteiger partial charge >= 0.3 is 6.09 Å². The lowest BCUT2D eigenvalue weighted by atomic mass is 9.87. The highest BCUT2D eigenvalue weighted by Gasteiger charge is 2.33. The molecule has 0 saturated carbocycles. The Morgan fingerprint density at radius 2 is 2.22 bits per heavy atom. The van der Waals surface area contributed by atoms with Crippen molar-refractivity contribution in [3.63, 3.8) is 0 Å². The molecule has 0 fully saturated rings. The van der Waals surface area contributed by atoms with Crippen LogP contribution in [-0.4, -0.2) is 26.2 Å². The molecular formula is C14H20N2O2. The highest BCUT2D eigenvalue weighted by atomic mass is 16.6. The van der Waals surface area contributed by atoms with Crippen LogP contribution < -0.4 is 15.0 Å². The van der Waals surface area contributed by atoms with Gasteiger partial charge in [0.15, 0.2) is 0 Å². The van der Waals surface area contributed by atoms with Gasteiger partial charge in [-0.05, 0) is 30.7 Å². The standard InChI is InChI=1S/C14H20N2O2/c1-5-15-13(17)18-10-6-7-12-11(8-10)14(2,3)9-16(12)4/h6-8H,5,9H2,1-4H3,(H,15,17). The zero-order chi connectivity index (χ0) is 13.3. The minimum Gasteiger partial charge on any atom is -0.410 e. The van der Waals surface area contributed by atoms with Gasteiger partial charge in [0.1, 0.15) is 5.75 Å². The Morgan fingerprint density at radius 3 is 2.89 bits per heavy atom. The summed E-state index contributed by atoms with van der Waals surface area (Å²) in [6.45, 7) is 7.81. The Bertz CT molecular complexity index is 469. The van der Waals surface area contributed by atoms with Gasteiger partial charge in [0, 0.05) is 31.2 Å². The van der Waals surface area contributed by atoms with Crippen molar-refractivity contribution in [3.8, 4) is 5.75 Å². The molecule has 0 spiro atoms. The first kappa shape index (κ1) is 12.7. The highest BCUT2D eigenvalue weighted by Crippen LogP contribution is 2.41. The van der Waals surface area contributed by atoms with E-state index in [1.807, 2.05) is 25.1 Å². The molecule has 1 N–H and O–H groups in total. The van der Waals surface area contributed by atoms with E-state index in [1.165, 1.54) is 11.3 Å². The third kappa shape index (κ3) is 2.28. The zero-order valence-electron chi connectivity index (χ0n) is 11.4. The molecule has 1 aromatic carbocycles. The molecule has 1 aliphatic heterocycles. The van der Waals surface area contributed by atoms with E-state index in [1.54, 1.807) is 0 Å². The number of anilines is 1. The van der Waals surface area contributed by atoms with Crippen molar-refractivity contribution < 1.29 is 9.53 Å². The molecule has 1 heterocycles. The van der Waals surface area contributed by atoms with Crippen molar-refractivity contribution in [1.29, 1.82) is 0 Å². The van der Waals surface area contributed by atoms with E-state index in [-0.39, 0.29) is 5.41 Å². The summed E-state index contributed by atoms with van der Waals surface area (Å²) in [7, 11) is 2.08. The first-order chi connectivity index (χ1) is 8.44. The Morgan fingerprint density at radius 1 is 1.50 bits per heavy atom. The van der Waals surface area contributed by atoms with Gasteiger partial charge in [-0.25, -0.2) is 4.79 Å². The zero-order valence-corrected chi connectivity index (χ0v) is 11.4. The van der Waals surface area contributed by atoms with E-state index >= 15 is 0 Å². The molecule has 0 radical (unpaired) electrons. The van der Waals surface area contributed by atoms with Crippen molar-refractivity contribution >= 4 is 11.8 Å². The average molecular weight is 248 g/mol. The molecule has 2 rings (SSSR count). The van der Waals surface area contributed by atoms with Crippen LogP contribution in [0.15, 0.2) is 18.2 Å². The summed E-state index contributed by atoms with van der Waals surface area (Å²) < 4.78 is 5.24. The van der Waals surface area contributed by atoms with Crippen LogP contribution >= 0.6 is 0 Å². The quantitative estimate of drug-likeness (QED) is 0.874. The smallest absolute Gasteiger partial charge is 0.410 e. The molecule has 4 heteroatoms. The summed E-state index contributed by atoms with van der Waals surface area (Å²) in [5.74, 6) is 0.600. The number of hydrogen-bond donors (Lipinski definition) is 1. The average Bonchev–Trinajstić information content (AvgIpc) is 2.50. The second-order valence-corrected chi connectivity index (χ2v) is 5.34. The number of fused-ring (bicyclic) bond motifs is 1. The summed E-state index contributed by atoms with van der Waals surface area (Å²) >= 11 is 0. The Hall–Kier alpha value is -1.71. The number of ether oxygens (including phenoxy) is 1. The maximum Gasteiger partial charge on any atom is 0.412 e. The monoisotopic (exact) mass is 248 g/mol. The van der Waals surface area contributed by atoms with Crippen molar-refractivity contribution in [2.24, 2.45) is 0 Å². The fourth-order valence-electron chi connectivity index (χ4n) is 2.50. The number of rotatable bonds is 2. The van der Waals surface area contributed by atoms with E-state index in [2.05, 4.69) is 31.1 Å². The van der Waals surface area contributed by atoms with Gasteiger partial charge in [-0.15, -0.1) is 0 Å². The van der Waals surface area contributed by atoms with Crippen LogP contribution in [0.25, 0.3) is 0 Å². The molecular weight excluding hydrogens is 228 g/mol. The van der Waals surface area contributed by atoms with Gasteiger partial charge in [-0.3, -0.25) is 0 Å². The molecule has 0 bridgehead atoms. The topological polar surface area (TPSA) is 41.6 Å². The van der Waals surface area contributed by atoms with E-state index in [9.17, 15) is 4.79 Å².